The van der Waals surface area contributed by atoms with Crippen LogP contribution in [0.3, 0.4) is 0 Å². The molecule has 1 aromatic heterocycles. The van der Waals surface area contributed by atoms with Crippen LogP contribution in [0.4, 0.5) is 0 Å². The number of nitrogens with one attached hydrogen (secondary N) is 2. The minimum atomic E-state index is 0. The summed E-state index contributed by atoms with van der Waals surface area (Å²) in [5.74, 6) is 1.61. The van der Waals surface area contributed by atoms with Crippen molar-refractivity contribution < 1.29 is 9.15 Å². The zero-order chi connectivity index (χ0) is 15.5. The molecule has 2 N–H and O–H groups in total. The smallest absolute Gasteiger partial charge is 0.191 e. The minimum Gasteiger partial charge on any atom is -0.467 e. The average molecular weight is 429 g/mol. The van der Waals surface area contributed by atoms with Gasteiger partial charge >= 0.3 is 0 Å². The van der Waals surface area contributed by atoms with Gasteiger partial charge in [0.1, 0.15) is 12.3 Å². The topological polar surface area (TPSA) is 58.8 Å². The van der Waals surface area contributed by atoms with Crippen molar-refractivity contribution >= 4 is 29.9 Å². The molecule has 0 amide bonds. The first-order chi connectivity index (χ1) is 10.9. The van der Waals surface area contributed by atoms with Gasteiger partial charge in [0.2, 0.25) is 0 Å². The molecule has 2 rings (SSSR count). The van der Waals surface area contributed by atoms with E-state index in [0.717, 1.165) is 18.3 Å². The third-order valence-electron chi connectivity index (χ3n) is 2.97. The Hall–Kier alpha value is -1.54. The molecule has 23 heavy (non-hydrogen) atoms. The first-order valence-electron chi connectivity index (χ1n) is 7.54. The zero-order valence-electron chi connectivity index (χ0n) is 13.3. The Labute approximate surface area is 154 Å². The standard InChI is InChI=1S/C17H23N3O2.HI/c1-2-18-17(20-13-16-9-6-11-22-16)19-10-12-21-14-15-7-4-3-5-8-15;/h3-9,11H,2,10,12-14H2,1H3,(H2,18,19,20);1H. The van der Waals surface area contributed by atoms with Crippen LogP contribution in [0, 0.1) is 0 Å². The largest absolute Gasteiger partial charge is 0.467 e. The maximum atomic E-state index is 5.63. The van der Waals surface area contributed by atoms with Crippen LogP contribution in [0.2, 0.25) is 0 Å². The molecule has 1 heterocycles. The molecule has 2 aromatic rings. The Morgan fingerprint density at radius 1 is 1.13 bits per heavy atom. The van der Waals surface area contributed by atoms with Crippen molar-refractivity contribution in [3.05, 3.63) is 60.1 Å². The van der Waals surface area contributed by atoms with Crippen LogP contribution in [0.1, 0.15) is 18.2 Å². The van der Waals surface area contributed by atoms with E-state index in [1.807, 2.05) is 37.3 Å². The van der Waals surface area contributed by atoms with Gasteiger partial charge in [-0.05, 0) is 24.6 Å². The number of furan rings is 1. The molecule has 0 fully saturated rings. The summed E-state index contributed by atoms with van der Waals surface area (Å²) in [6, 6.07) is 13.9. The number of aliphatic imine (C=N–C) groups is 1. The second-order valence-corrected chi connectivity index (χ2v) is 4.74. The lowest BCUT2D eigenvalue weighted by molar-refractivity contribution is 0.125. The summed E-state index contributed by atoms with van der Waals surface area (Å²) >= 11 is 0. The molecule has 0 aliphatic rings. The number of halogens is 1. The molecule has 0 aliphatic heterocycles. The van der Waals surface area contributed by atoms with Crippen molar-refractivity contribution in [1.82, 2.24) is 10.6 Å². The first-order valence-corrected chi connectivity index (χ1v) is 7.54. The monoisotopic (exact) mass is 429 g/mol. The number of benzene rings is 1. The molecule has 5 nitrogen and oxygen atoms in total. The van der Waals surface area contributed by atoms with Gasteiger partial charge in [-0.25, -0.2) is 4.99 Å². The first kappa shape index (κ1) is 19.5. The number of hydrogen-bond acceptors (Lipinski definition) is 3. The maximum absolute atomic E-state index is 5.63. The van der Waals surface area contributed by atoms with Crippen LogP contribution in [-0.2, 0) is 17.9 Å². The second kappa shape index (κ2) is 12.0. The molecule has 0 aliphatic carbocycles. The highest BCUT2D eigenvalue weighted by Gasteiger charge is 1.99. The number of nitrogens with zero attached hydrogens (tertiary/aromatic N) is 1. The maximum Gasteiger partial charge on any atom is 0.191 e. The van der Waals surface area contributed by atoms with Crippen LogP contribution in [-0.4, -0.2) is 25.7 Å². The van der Waals surface area contributed by atoms with Gasteiger partial charge in [0.25, 0.3) is 0 Å². The van der Waals surface area contributed by atoms with Gasteiger partial charge in [0.05, 0.1) is 19.5 Å². The summed E-state index contributed by atoms with van der Waals surface area (Å²) in [4.78, 5) is 4.46. The van der Waals surface area contributed by atoms with E-state index < -0.39 is 0 Å². The molecule has 0 saturated heterocycles. The normalized spacial score (nSPS) is 10.9. The van der Waals surface area contributed by atoms with Crippen LogP contribution >= 0.6 is 24.0 Å². The van der Waals surface area contributed by atoms with Crippen molar-refractivity contribution in [1.29, 1.82) is 0 Å². The molecular formula is C17H24IN3O2. The number of hydrogen-bond donors (Lipinski definition) is 2. The predicted octanol–water partition coefficient (Wildman–Crippen LogP) is 3.17. The lowest BCUT2D eigenvalue weighted by Crippen LogP contribution is -2.38. The van der Waals surface area contributed by atoms with Gasteiger partial charge < -0.3 is 19.8 Å². The Kier molecular flexibility index (Phi) is 10.1. The van der Waals surface area contributed by atoms with Crippen molar-refractivity contribution in [2.75, 3.05) is 19.7 Å². The Bertz CT molecular complexity index is 544. The van der Waals surface area contributed by atoms with Gasteiger partial charge in [-0.2, -0.15) is 0 Å². The third kappa shape index (κ3) is 8.03. The van der Waals surface area contributed by atoms with E-state index in [-0.39, 0.29) is 24.0 Å². The van der Waals surface area contributed by atoms with Gasteiger partial charge in [0, 0.05) is 13.1 Å². The van der Waals surface area contributed by atoms with E-state index >= 15 is 0 Å². The lowest BCUT2D eigenvalue weighted by Gasteiger charge is -2.11. The van der Waals surface area contributed by atoms with Crippen molar-refractivity contribution in [3.63, 3.8) is 0 Å². The van der Waals surface area contributed by atoms with Gasteiger partial charge in [-0.15, -0.1) is 24.0 Å². The molecule has 0 unspecified atom stereocenters. The molecular weight excluding hydrogens is 405 g/mol. The Morgan fingerprint density at radius 2 is 1.96 bits per heavy atom. The Balaban J connectivity index is 0.00000264. The van der Waals surface area contributed by atoms with Crippen LogP contribution in [0.25, 0.3) is 0 Å². The highest BCUT2D eigenvalue weighted by atomic mass is 127. The van der Waals surface area contributed by atoms with E-state index in [4.69, 9.17) is 9.15 Å². The van der Waals surface area contributed by atoms with Crippen molar-refractivity contribution in [3.8, 4) is 0 Å². The minimum absolute atomic E-state index is 0. The molecule has 126 valence electrons. The SMILES string of the molecule is CCNC(=NCc1ccco1)NCCOCc1ccccc1.I. The average Bonchev–Trinajstić information content (AvgIpc) is 3.06. The molecule has 0 atom stereocenters. The zero-order valence-corrected chi connectivity index (χ0v) is 15.7. The van der Waals surface area contributed by atoms with Gasteiger partial charge in [0.15, 0.2) is 5.96 Å². The quantitative estimate of drug-likeness (QED) is 0.293. The third-order valence-corrected chi connectivity index (χ3v) is 2.97. The fourth-order valence-corrected chi connectivity index (χ4v) is 1.91. The van der Waals surface area contributed by atoms with Crippen LogP contribution in [0.5, 0.6) is 0 Å². The highest BCUT2D eigenvalue weighted by molar-refractivity contribution is 14.0. The molecule has 0 radical (unpaired) electrons. The van der Waals surface area contributed by atoms with Crippen molar-refractivity contribution in [2.45, 2.75) is 20.1 Å². The fraction of sp³-hybridized carbons (Fsp3) is 0.353. The van der Waals surface area contributed by atoms with E-state index in [1.165, 1.54) is 5.56 Å². The molecule has 1 aromatic carbocycles. The predicted molar refractivity (Wildman–Crippen MR) is 103 cm³/mol. The summed E-state index contributed by atoms with van der Waals surface area (Å²) < 4.78 is 10.9. The summed E-state index contributed by atoms with van der Waals surface area (Å²) in [5.41, 5.74) is 1.18. The van der Waals surface area contributed by atoms with E-state index in [2.05, 4.69) is 27.8 Å². The van der Waals surface area contributed by atoms with Gasteiger partial charge in [-0.1, -0.05) is 30.3 Å². The molecule has 0 bridgehead atoms. The summed E-state index contributed by atoms with van der Waals surface area (Å²) in [6.45, 7) is 5.33. The van der Waals surface area contributed by atoms with Crippen molar-refractivity contribution in [2.24, 2.45) is 4.99 Å². The van der Waals surface area contributed by atoms with Crippen LogP contribution in [0.15, 0.2) is 58.1 Å². The van der Waals surface area contributed by atoms with Crippen LogP contribution < -0.4 is 10.6 Å². The summed E-state index contributed by atoms with van der Waals surface area (Å²) in [6.07, 6.45) is 1.66. The Morgan fingerprint density at radius 3 is 2.65 bits per heavy atom. The molecule has 6 heteroatoms. The second-order valence-electron chi connectivity index (χ2n) is 4.74. The molecule has 0 spiro atoms. The highest BCUT2D eigenvalue weighted by Crippen LogP contribution is 2.01. The van der Waals surface area contributed by atoms with E-state index in [0.29, 0.717) is 26.3 Å². The molecule has 0 saturated carbocycles. The van der Waals surface area contributed by atoms with Gasteiger partial charge in [-0.3, -0.25) is 0 Å². The van der Waals surface area contributed by atoms with E-state index in [9.17, 15) is 0 Å². The number of rotatable bonds is 8. The number of ether oxygens (including phenoxy) is 1. The lowest BCUT2D eigenvalue weighted by atomic mass is 10.2. The fourth-order valence-electron chi connectivity index (χ4n) is 1.91. The summed E-state index contributed by atoms with van der Waals surface area (Å²) in [5, 5.41) is 6.44. The number of guanidine groups is 1. The van der Waals surface area contributed by atoms with E-state index in [1.54, 1.807) is 6.26 Å². The summed E-state index contributed by atoms with van der Waals surface area (Å²) in [7, 11) is 0.